The molecule has 0 aliphatic carbocycles. The van der Waals surface area contributed by atoms with Crippen molar-refractivity contribution < 1.29 is 4.79 Å². The Morgan fingerprint density at radius 3 is 2.45 bits per heavy atom. The second kappa shape index (κ2) is 9.78. The minimum absolute atomic E-state index is 0. The number of nitrogens with one attached hydrogen (secondary N) is 1. The van der Waals surface area contributed by atoms with E-state index < -0.39 is 0 Å². The highest BCUT2D eigenvalue weighted by molar-refractivity contribution is 5.85. The van der Waals surface area contributed by atoms with Crippen LogP contribution in [0.15, 0.2) is 30.3 Å². The van der Waals surface area contributed by atoms with E-state index in [2.05, 4.69) is 29.6 Å². The summed E-state index contributed by atoms with van der Waals surface area (Å²) < 4.78 is 0. The van der Waals surface area contributed by atoms with Gasteiger partial charge in [0.2, 0.25) is 5.91 Å². The highest BCUT2D eigenvalue weighted by Crippen LogP contribution is 2.23. The van der Waals surface area contributed by atoms with E-state index >= 15 is 0 Å². The van der Waals surface area contributed by atoms with Gasteiger partial charge in [-0.25, -0.2) is 0 Å². The Kier molecular flexibility index (Phi) is 9.26. The minimum Gasteiger partial charge on any atom is -0.356 e. The van der Waals surface area contributed by atoms with Crippen molar-refractivity contribution in [3.63, 3.8) is 0 Å². The first-order valence-electron chi connectivity index (χ1n) is 7.08. The van der Waals surface area contributed by atoms with E-state index in [9.17, 15) is 4.79 Å². The van der Waals surface area contributed by atoms with Gasteiger partial charge in [-0.15, -0.1) is 12.4 Å². The Labute approximate surface area is 128 Å². The third kappa shape index (κ3) is 6.92. The number of rotatable bonds is 8. The molecule has 0 atom stereocenters. The maximum atomic E-state index is 12.0. The van der Waals surface area contributed by atoms with Crippen LogP contribution in [0.25, 0.3) is 0 Å². The average Bonchev–Trinajstić information content (AvgIpc) is 2.40. The van der Waals surface area contributed by atoms with Crippen molar-refractivity contribution in [3.05, 3.63) is 35.9 Å². The highest BCUT2D eigenvalue weighted by atomic mass is 35.5. The molecular formula is C16H27ClN2O. The lowest BCUT2D eigenvalue weighted by molar-refractivity contribution is -0.129. The van der Waals surface area contributed by atoms with E-state index in [-0.39, 0.29) is 23.7 Å². The first-order valence-corrected chi connectivity index (χ1v) is 7.08. The van der Waals surface area contributed by atoms with Crippen molar-refractivity contribution in [2.24, 2.45) is 11.1 Å². The first kappa shape index (κ1) is 18.9. The Bertz CT molecular complexity index is 379. The molecule has 0 bridgehead atoms. The van der Waals surface area contributed by atoms with E-state index in [0.29, 0.717) is 13.1 Å². The van der Waals surface area contributed by atoms with Crippen molar-refractivity contribution in [2.45, 2.75) is 39.5 Å². The van der Waals surface area contributed by atoms with Crippen LogP contribution in [0, 0.1) is 5.41 Å². The van der Waals surface area contributed by atoms with Crippen LogP contribution in [0.2, 0.25) is 0 Å². The molecule has 0 fully saturated rings. The van der Waals surface area contributed by atoms with Crippen LogP contribution in [0.3, 0.4) is 0 Å². The lowest BCUT2D eigenvalue weighted by Crippen LogP contribution is -2.37. The van der Waals surface area contributed by atoms with Gasteiger partial charge in [-0.3, -0.25) is 4.79 Å². The average molecular weight is 299 g/mol. The molecule has 1 aromatic rings. The zero-order valence-corrected chi connectivity index (χ0v) is 13.3. The van der Waals surface area contributed by atoms with E-state index in [1.54, 1.807) is 0 Å². The molecule has 0 radical (unpaired) electrons. The normalized spacial score (nSPS) is 10.8. The van der Waals surface area contributed by atoms with Crippen LogP contribution >= 0.6 is 12.4 Å². The summed E-state index contributed by atoms with van der Waals surface area (Å²) in [6.45, 7) is 5.32. The van der Waals surface area contributed by atoms with Crippen molar-refractivity contribution in [3.8, 4) is 0 Å². The Morgan fingerprint density at radius 1 is 1.20 bits per heavy atom. The number of carbonyl (C=O) groups excluding carboxylic acids is 1. The standard InChI is InChI=1S/C16H26N2O.ClH/c1-16(2,15(19)18-13-7-12-17)11-6-10-14-8-4-3-5-9-14;/h3-5,8-9H,6-7,10-13,17H2,1-2H3,(H,18,19);1H. The number of amides is 1. The van der Waals surface area contributed by atoms with Crippen molar-refractivity contribution in [2.75, 3.05) is 13.1 Å². The van der Waals surface area contributed by atoms with Crippen LogP contribution in [0.5, 0.6) is 0 Å². The van der Waals surface area contributed by atoms with Crippen LogP contribution in [0.1, 0.15) is 38.7 Å². The molecule has 0 spiro atoms. The summed E-state index contributed by atoms with van der Waals surface area (Å²) in [5, 5.41) is 2.95. The Balaban J connectivity index is 0.00000361. The van der Waals surface area contributed by atoms with E-state index in [1.165, 1.54) is 5.56 Å². The van der Waals surface area contributed by atoms with Gasteiger partial charge in [0.1, 0.15) is 0 Å². The molecule has 0 aliphatic rings. The van der Waals surface area contributed by atoms with Crippen LogP contribution < -0.4 is 11.1 Å². The predicted molar refractivity (Wildman–Crippen MR) is 87.1 cm³/mol. The van der Waals surface area contributed by atoms with Gasteiger partial charge in [0.25, 0.3) is 0 Å². The van der Waals surface area contributed by atoms with Gasteiger partial charge < -0.3 is 11.1 Å². The topological polar surface area (TPSA) is 55.1 Å². The second-order valence-electron chi connectivity index (χ2n) is 5.62. The maximum Gasteiger partial charge on any atom is 0.225 e. The SMILES string of the molecule is CC(C)(CCCc1ccccc1)C(=O)NCCCN.Cl. The summed E-state index contributed by atoms with van der Waals surface area (Å²) in [6.07, 6.45) is 3.80. The number of halogens is 1. The monoisotopic (exact) mass is 298 g/mol. The number of hydrogen-bond donors (Lipinski definition) is 2. The summed E-state index contributed by atoms with van der Waals surface area (Å²) >= 11 is 0. The molecule has 114 valence electrons. The highest BCUT2D eigenvalue weighted by Gasteiger charge is 2.26. The Hall–Kier alpha value is -1.06. The molecule has 1 rings (SSSR count). The van der Waals surface area contributed by atoms with Gasteiger partial charge in [0.05, 0.1) is 0 Å². The smallest absolute Gasteiger partial charge is 0.225 e. The largest absolute Gasteiger partial charge is 0.356 e. The third-order valence-electron chi connectivity index (χ3n) is 3.39. The molecular weight excluding hydrogens is 272 g/mol. The Morgan fingerprint density at radius 2 is 1.85 bits per heavy atom. The third-order valence-corrected chi connectivity index (χ3v) is 3.39. The second-order valence-corrected chi connectivity index (χ2v) is 5.62. The number of benzene rings is 1. The van der Waals surface area contributed by atoms with Gasteiger partial charge in [0.15, 0.2) is 0 Å². The molecule has 0 saturated carbocycles. The zero-order chi connectivity index (χ0) is 14.1. The number of nitrogens with two attached hydrogens (primary N) is 1. The van der Waals surface area contributed by atoms with Gasteiger partial charge in [0, 0.05) is 12.0 Å². The molecule has 1 aromatic carbocycles. The summed E-state index contributed by atoms with van der Waals surface area (Å²) in [7, 11) is 0. The van der Waals surface area contributed by atoms with Gasteiger partial charge in [-0.1, -0.05) is 44.2 Å². The molecule has 3 N–H and O–H groups in total. The molecule has 0 heterocycles. The lowest BCUT2D eigenvalue weighted by Gasteiger charge is -2.23. The summed E-state index contributed by atoms with van der Waals surface area (Å²) in [5.41, 5.74) is 6.45. The number of carbonyl (C=O) groups is 1. The summed E-state index contributed by atoms with van der Waals surface area (Å²) in [5.74, 6) is 0.133. The fourth-order valence-electron chi connectivity index (χ4n) is 2.04. The minimum atomic E-state index is -0.302. The fraction of sp³-hybridized carbons (Fsp3) is 0.562. The molecule has 3 nitrogen and oxygen atoms in total. The molecule has 4 heteroatoms. The predicted octanol–water partition coefficient (Wildman–Crippen LogP) is 2.92. The first-order chi connectivity index (χ1) is 9.06. The number of hydrogen-bond acceptors (Lipinski definition) is 2. The molecule has 1 amide bonds. The number of aryl methyl sites for hydroxylation is 1. The fourth-order valence-corrected chi connectivity index (χ4v) is 2.04. The van der Waals surface area contributed by atoms with E-state index in [4.69, 9.17) is 5.73 Å². The van der Waals surface area contributed by atoms with Gasteiger partial charge in [-0.2, -0.15) is 0 Å². The molecule has 0 saturated heterocycles. The summed E-state index contributed by atoms with van der Waals surface area (Å²) in [6, 6.07) is 10.4. The van der Waals surface area contributed by atoms with Crippen molar-refractivity contribution in [1.29, 1.82) is 0 Å². The van der Waals surface area contributed by atoms with Crippen molar-refractivity contribution in [1.82, 2.24) is 5.32 Å². The van der Waals surface area contributed by atoms with Crippen LogP contribution in [-0.2, 0) is 11.2 Å². The lowest BCUT2D eigenvalue weighted by atomic mass is 9.85. The molecule has 20 heavy (non-hydrogen) atoms. The molecule has 0 aliphatic heterocycles. The van der Waals surface area contributed by atoms with Gasteiger partial charge >= 0.3 is 0 Å². The van der Waals surface area contributed by atoms with Gasteiger partial charge in [-0.05, 0) is 37.8 Å². The van der Waals surface area contributed by atoms with E-state index in [0.717, 1.165) is 25.7 Å². The van der Waals surface area contributed by atoms with Crippen LogP contribution in [-0.4, -0.2) is 19.0 Å². The summed E-state index contributed by atoms with van der Waals surface area (Å²) in [4.78, 5) is 12.0. The van der Waals surface area contributed by atoms with Crippen molar-refractivity contribution >= 4 is 18.3 Å². The molecule has 0 unspecified atom stereocenters. The maximum absolute atomic E-state index is 12.0. The molecule has 0 aromatic heterocycles. The quantitative estimate of drug-likeness (QED) is 0.725. The van der Waals surface area contributed by atoms with Crippen LogP contribution in [0.4, 0.5) is 0 Å². The zero-order valence-electron chi connectivity index (χ0n) is 12.5. The van der Waals surface area contributed by atoms with E-state index in [1.807, 2.05) is 19.9 Å².